The highest BCUT2D eigenvalue weighted by molar-refractivity contribution is 5.74. The van der Waals surface area contributed by atoms with Crippen LogP contribution in [0.3, 0.4) is 0 Å². The van der Waals surface area contributed by atoms with Crippen LogP contribution in [-0.2, 0) is 6.54 Å². The average Bonchev–Trinajstić information content (AvgIpc) is 2.87. The zero-order chi connectivity index (χ0) is 19.4. The minimum Gasteiger partial charge on any atom is -0.399 e. The predicted molar refractivity (Wildman–Crippen MR) is 114 cm³/mol. The molecule has 0 aliphatic heterocycles. The van der Waals surface area contributed by atoms with Gasteiger partial charge in [-0.15, -0.1) is 0 Å². The van der Waals surface area contributed by atoms with Crippen molar-refractivity contribution < 1.29 is 4.57 Å². The molecule has 4 nitrogen and oxygen atoms in total. The molecular formula is C23H29N4+. The van der Waals surface area contributed by atoms with Crippen LogP contribution in [0.2, 0.25) is 0 Å². The Morgan fingerprint density at radius 1 is 1.19 bits per heavy atom. The van der Waals surface area contributed by atoms with Crippen molar-refractivity contribution in [3.8, 4) is 0 Å². The van der Waals surface area contributed by atoms with Crippen molar-refractivity contribution >= 4 is 22.9 Å². The van der Waals surface area contributed by atoms with E-state index in [0.29, 0.717) is 0 Å². The molecule has 1 aromatic heterocycles. The average molecular weight is 362 g/mol. The topological polar surface area (TPSA) is 54.8 Å². The maximum atomic E-state index is 5.97. The second kappa shape index (κ2) is 7.78. The third kappa shape index (κ3) is 4.27. The maximum Gasteiger partial charge on any atom is 0.397 e. The van der Waals surface area contributed by atoms with Gasteiger partial charge in [-0.3, -0.25) is 0 Å². The first kappa shape index (κ1) is 18.9. The fourth-order valence-electron chi connectivity index (χ4n) is 3.12. The van der Waals surface area contributed by atoms with Gasteiger partial charge in [-0.25, -0.2) is 9.88 Å². The Bertz CT molecular complexity index is 924. The first-order valence-corrected chi connectivity index (χ1v) is 9.57. The van der Waals surface area contributed by atoms with Crippen molar-refractivity contribution in [3.05, 3.63) is 72.1 Å². The summed E-state index contributed by atoms with van der Waals surface area (Å²) < 4.78 is 2.10. The molecule has 4 heteroatoms. The summed E-state index contributed by atoms with van der Waals surface area (Å²) in [4.78, 5) is 4.94. The molecule has 2 aromatic rings. The monoisotopic (exact) mass is 361 g/mol. The van der Waals surface area contributed by atoms with Gasteiger partial charge in [0.1, 0.15) is 5.69 Å². The fourth-order valence-corrected chi connectivity index (χ4v) is 3.12. The molecular weight excluding hydrogens is 332 g/mol. The summed E-state index contributed by atoms with van der Waals surface area (Å²) in [7, 11) is 0. The second-order valence-electron chi connectivity index (χ2n) is 7.30. The number of hydrogen-bond donors (Lipinski definition) is 2. The van der Waals surface area contributed by atoms with Crippen LogP contribution < -0.4 is 15.6 Å². The summed E-state index contributed by atoms with van der Waals surface area (Å²) in [5.74, 6) is 0.813. The summed E-state index contributed by atoms with van der Waals surface area (Å²) in [5, 5.41) is 3.47. The molecule has 0 amide bonds. The third-order valence-corrected chi connectivity index (χ3v) is 5.17. The van der Waals surface area contributed by atoms with Crippen molar-refractivity contribution in [2.75, 3.05) is 11.1 Å². The Morgan fingerprint density at radius 3 is 2.74 bits per heavy atom. The van der Waals surface area contributed by atoms with E-state index >= 15 is 0 Å². The molecule has 0 bridgehead atoms. The summed E-state index contributed by atoms with van der Waals surface area (Å²) in [6, 6.07) is 7.97. The smallest absolute Gasteiger partial charge is 0.397 e. The SMILES string of the molecule is CC[n+]1ccc(C2=CC(C)(CC)C=CC=C2)nc1Nc1cc(N)ccc1C. The van der Waals surface area contributed by atoms with E-state index in [1.165, 1.54) is 0 Å². The second-order valence-corrected chi connectivity index (χ2v) is 7.30. The first-order chi connectivity index (χ1) is 12.9. The quantitative estimate of drug-likeness (QED) is 0.585. The molecule has 1 heterocycles. The molecule has 0 radical (unpaired) electrons. The van der Waals surface area contributed by atoms with Gasteiger partial charge in [0.2, 0.25) is 0 Å². The molecule has 1 atom stereocenters. The molecule has 0 saturated heterocycles. The van der Waals surface area contributed by atoms with Crippen molar-refractivity contribution in [3.63, 3.8) is 0 Å². The van der Waals surface area contributed by atoms with Crippen LogP contribution in [0.5, 0.6) is 0 Å². The Labute approximate surface area is 162 Å². The van der Waals surface area contributed by atoms with Gasteiger partial charge in [0.25, 0.3) is 0 Å². The number of benzene rings is 1. The zero-order valence-corrected chi connectivity index (χ0v) is 16.7. The highest BCUT2D eigenvalue weighted by Gasteiger charge is 2.21. The number of aryl methyl sites for hydroxylation is 2. The minimum absolute atomic E-state index is 0.0369. The number of allylic oxidation sites excluding steroid dienone is 6. The summed E-state index contributed by atoms with van der Waals surface area (Å²) in [5.41, 5.74) is 11.0. The summed E-state index contributed by atoms with van der Waals surface area (Å²) >= 11 is 0. The number of rotatable bonds is 5. The van der Waals surface area contributed by atoms with Crippen LogP contribution in [0.25, 0.3) is 5.57 Å². The number of nitrogen functional groups attached to an aromatic ring is 1. The van der Waals surface area contributed by atoms with Crippen molar-refractivity contribution in [1.29, 1.82) is 0 Å². The van der Waals surface area contributed by atoms with Gasteiger partial charge in [0.05, 0.1) is 12.7 Å². The zero-order valence-electron chi connectivity index (χ0n) is 16.7. The van der Waals surface area contributed by atoms with Gasteiger partial charge in [0.15, 0.2) is 5.69 Å². The van der Waals surface area contributed by atoms with Gasteiger partial charge >= 0.3 is 5.95 Å². The summed E-state index contributed by atoms with van der Waals surface area (Å²) in [6.07, 6.45) is 14.0. The van der Waals surface area contributed by atoms with Gasteiger partial charge in [-0.05, 0) is 31.9 Å². The van der Waals surface area contributed by atoms with Crippen molar-refractivity contribution in [1.82, 2.24) is 4.98 Å². The Balaban J connectivity index is 2.02. The van der Waals surface area contributed by atoms with E-state index < -0.39 is 0 Å². The molecule has 1 aliphatic carbocycles. The van der Waals surface area contributed by atoms with Crippen molar-refractivity contribution in [2.24, 2.45) is 5.41 Å². The normalized spacial score (nSPS) is 18.9. The lowest BCUT2D eigenvalue weighted by atomic mass is 9.85. The molecule has 0 fully saturated rings. The Hall–Kier alpha value is -2.88. The highest BCUT2D eigenvalue weighted by Crippen LogP contribution is 2.32. The lowest BCUT2D eigenvalue weighted by Gasteiger charge is -2.19. The first-order valence-electron chi connectivity index (χ1n) is 9.57. The Kier molecular flexibility index (Phi) is 5.45. The Morgan fingerprint density at radius 2 is 2.00 bits per heavy atom. The number of nitrogens with one attached hydrogen (secondary N) is 1. The van der Waals surface area contributed by atoms with Crippen LogP contribution in [0.4, 0.5) is 17.3 Å². The van der Waals surface area contributed by atoms with Crippen LogP contribution >= 0.6 is 0 Å². The van der Waals surface area contributed by atoms with E-state index in [1.54, 1.807) is 0 Å². The molecule has 1 aliphatic rings. The van der Waals surface area contributed by atoms with Gasteiger partial charge in [-0.2, -0.15) is 0 Å². The van der Waals surface area contributed by atoms with Crippen LogP contribution in [0.1, 0.15) is 38.4 Å². The molecule has 3 N–H and O–H groups in total. The van der Waals surface area contributed by atoms with Gasteiger partial charge < -0.3 is 5.73 Å². The lowest BCUT2D eigenvalue weighted by molar-refractivity contribution is -0.681. The van der Waals surface area contributed by atoms with Gasteiger partial charge in [-0.1, -0.05) is 55.3 Å². The van der Waals surface area contributed by atoms with E-state index in [0.717, 1.165) is 47.1 Å². The number of aromatic nitrogens is 2. The molecule has 0 saturated carbocycles. The van der Waals surface area contributed by atoms with E-state index in [9.17, 15) is 0 Å². The maximum absolute atomic E-state index is 5.97. The largest absolute Gasteiger partial charge is 0.399 e. The number of hydrogen-bond acceptors (Lipinski definition) is 3. The molecule has 27 heavy (non-hydrogen) atoms. The number of anilines is 3. The third-order valence-electron chi connectivity index (χ3n) is 5.17. The molecule has 3 rings (SSSR count). The van der Waals surface area contributed by atoms with Crippen LogP contribution in [0.15, 0.2) is 60.8 Å². The minimum atomic E-state index is 0.0369. The number of nitrogens with two attached hydrogens (primary N) is 1. The van der Waals surface area contributed by atoms with E-state index in [-0.39, 0.29) is 5.41 Å². The number of nitrogens with zero attached hydrogens (tertiary/aromatic N) is 2. The highest BCUT2D eigenvalue weighted by atomic mass is 15.2. The van der Waals surface area contributed by atoms with Crippen molar-refractivity contribution in [2.45, 2.75) is 40.7 Å². The predicted octanol–water partition coefficient (Wildman–Crippen LogP) is 4.95. The fraction of sp³-hybridized carbons (Fsp3) is 0.304. The molecule has 1 aromatic carbocycles. The lowest BCUT2D eigenvalue weighted by Crippen LogP contribution is -2.36. The van der Waals surface area contributed by atoms with Crippen LogP contribution in [0, 0.1) is 12.3 Å². The molecule has 0 spiro atoms. The molecule has 140 valence electrons. The standard InChI is InChI=1S/C23H28N4/c1-5-23(4)13-8-7-9-18(16-23)20-12-14-27(6-2)22(25-20)26-21-15-19(24)11-10-17(21)3/h7-16H,5-6,24H2,1-4H3/p+1. The summed E-state index contributed by atoms with van der Waals surface area (Å²) in [6.45, 7) is 9.47. The van der Waals surface area contributed by atoms with E-state index in [4.69, 9.17) is 10.7 Å². The van der Waals surface area contributed by atoms with Gasteiger partial charge in [0, 0.05) is 28.8 Å². The van der Waals surface area contributed by atoms with Crippen LogP contribution in [-0.4, -0.2) is 4.98 Å². The van der Waals surface area contributed by atoms with E-state index in [1.807, 2.05) is 18.2 Å². The van der Waals surface area contributed by atoms with E-state index in [2.05, 4.69) is 80.2 Å². The molecule has 1 unspecified atom stereocenters.